The Kier molecular flexibility index (Phi) is 7.56. The van der Waals surface area contributed by atoms with E-state index in [1.54, 1.807) is 42.5 Å². The molecular weight excluding hydrogens is 377 g/mol. The van der Waals surface area contributed by atoms with Gasteiger partial charge in [-0.1, -0.05) is 23.2 Å². The predicted octanol–water partition coefficient (Wildman–Crippen LogP) is 4.54. The number of hydrogen-bond acceptors (Lipinski definition) is 3. The molecule has 0 bridgehead atoms. The maximum atomic E-state index is 12.0. The van der Waals surface area contributed by atoms with Gasteiger partial charge in [-0.3, -0.25) is 4.79 Å². The second-order valence-electron chi connectivity index (χ2n) is 5.36. The lowest BCUT2D eigenvalue weighted by Gasteiger charge is -2.09. The molecule has 0 spiro atoms. The van der Waals surface area contributed by atoms with E-state index in [4.69, 9.17) is 27.9 Å². The third-order valence-electron chi connectivity index (χ3n) is 3.35. The number of nitrogens with one attached hydrogen (secondary N) is 3. The van der Waals surface area contributed by atoms with Crippen LogP contribution >= 0.6 is 23.2 Å². The molecule has 0 unspecified atom stereocenters. The average molecular weight is 396 g/mol. The van der Waals surface area contributed by atoms with Crippen molar-refractivity contribution in [2.24, 2.45) is 0 Å². The molecule has 0 saturated heterocycles. The van der Waals surface area contributed by atoms with Crippen molar-refractivity contribution in [1.29, 1.82) is 0 Å². The van der Waals surface area contributed by atoms with Crippen molar-refractivity contribution in [3.63, 3.8) is 0 Å². The van der Waals surface area contributed by atoms with Crippen LogP contribution in [0.1, 0.15) is 12.8 Å². The van der Waals surface area contributed by atoms with E-state index < -0.39 is 0 Å². The van der Waals surface area contributed by atoms with Crippen LogP contribution in [0.15, 0.2) is 42.5 Å². The summed E-state index contributed by atoms with van der Waals surface area (Å²) in [6.07, 6.45) is 0.852. The molecule has 0 aliphatic rings. The van der Waals surface area contributed by atoms with E-state index in [1.807, 2.05) is 0 Å². The van der Waals surface area contributed by atoms with E-state index in [0.29, 0.717) is 46.6 Å². The fraction of sp³-hybridized carbons (Fsp3) is 0.222. The van der Waals surface area contributed by atoms with E-state index in [2.05, 4.69) is 16.0 Å². The summed E-state index contributed by atoms with van der Waals surface area (Å²) < 4.78 is 5.54. The Hall–Kier alpha value is -2.44. The average Bonchev–Trinajstić information content (AvgIpc) is 2.61. The van der Waals surface area contributed by atoms with Crippen LogP contribution in [0, 0.1) is 0 Å². The number of carbonyl (C=O) groups excluding carboxylic acids is 2. The number of anilines is 2. The van der Waals surface area contributed by atoms with Gasteiger partial charge >= 0.3 is 6.03 Å². The molecule has 8 heteroatoms. The number of rotatable bonds is 7. The van der Waals surface area contributed by atoms with Crippen LogP contribution in [0.4, 0.5) is 16.2 Å². The minimum absolute atomic E-state index is 0.122. The summed E-state index contributed by atoms with van der Waals surface area (Å²) in [6, 6.07) is 11.5. The molecule has 138 valence electrons. The molecular formula is C18H19Cl2N3O3. The molecule has 0 saturated carbocycles. The minimum Gasteiger partial charge on any atom is -0.492 e. The van der Waals surface area contributed by atoms with Crippen LogP contribution in [0.3, 0.4) is 0 Å². The molecule has 2 aromatic carbocycles. The first-order valence-corrected chi connectivity index (χ1v) is 8.70. The minimum atomic E-state index is -0.303. The zero-order valence-electron chi connectivity index (χ0n) is 14.1. The van der Waals surface area contributed by atoms with E-state index in [9.17, 15) is 9.59 Å². The molecule has 26 heavy (non-hydrogen) atoms. The molecule has 0 aliphatic carbocycles. The van der Waals surface area contributed by atoms with E-state index in [0.717, 1.165) is 0 Å². The maximum Gasteiger partial charge on any atom is 0.318 e. The standard InChI is InChI=1S/C18H19Cl2N3O3/c1-21-18(25)23-14-7-5-13(6-8-14)22-17(24)3-2-10-26-16-9-4-12(19)11-15(16)20/h4-9,11H,2-3,10H2,1H3,(H,22,24)(H2,21,23,25). The van der Waals surface area contributed by atoms with Gasteiger partial charge in [-0.25, -0.2) is 4.79 Å². The van der Waals surface area contributed by atoms with Gasteiger partial charge in [0.25, 0.3) is 0 Å². The normalized spacial score (nSPS) is 10.1. The van der Waals surface area contributed by atoms with Crippen molar-refractivity contribution in [3.05, 3.63) is 52.5 Å². The Bertz CT molecular complexity index is 767. The third kappa shape index (κ3) is 6.46. The molecule has 0 fully saturated rings. The zero-order valence-corrected chi connectivity index (χ0v) is 15.7. The predicted molar refractivity (Wildman–Crippen MR) is 104 cm³/mol. The highest BCUT2D eigenvalue weighted by Gasteiger charge is 2.06. The summed E-state index contributed by atoms with van der Waals surface area (Å²) in [5.41, 5.74) is 1.29. The van der Waals surface area contributed by atoms with Crippen molar-refractivity contribution in [2.75, 3.05) is 24.3 Å². The maximum absolute atomic E-state index is 12.0. The molecule has 6 nitrogen and oxygen atoms in total. The van der Waals surface area contributed by atoms with Crippen LogP contribution in [0.5, 0.6) is 5.75 Å². The van der Waals surface area contributed by atoms with Crippen LogP contribution in [0.2, 0.25) is 10.0 Å². The van der Waals surface area contributed by atoms with Crippen molar-refractivity contribution in [1.82, 2.24) is 5.32 Å². The van der Waals surface area contributed by atoms with Gasteiger partial charge in [0, 0.05) is 29.9 Å². The molecule has 0 heterocycles. The number of amides is 3. The molecule has 2 aromatic rings. The summed E-state index contributed by atoms with van der Waals surface area (Å²) in [6.45, 7) is 0.365. The Morgan fingerprint density at radius 2 is 1.65 bits per heavy atom. The summed E-state index contributed by atoms with van der Waals surface area (Å²) in [4.78, 5) is 23.2. The van der Waals surface area contributed by atoms with Gasteiger partial charge in [-0.2, -0.15) is 0 Å². The van der Waals surface area contributed by atoms with Gasteiger partial charge < -0.3 is 20.7 Å². The monoisotopic (exact) mass is 395 g/mol. The first-order valence-electron chi connectivity index (χ1n) is 7.94. The fourth-order valence-electron chi connectivity index (χ4n) is 2.06. The Balaban J connectivity index is 1.72. The molecule has 3 amide bonds. The van der Waals surface area contributed by atoms with E-state index in [-0.39, 0.29) is 11.9 Å². The van der Waals surface area contributed by atoms with Crippen LogP contribution in [0.25, 0.3) is 0 Å². The first-order chi connectivity index (χ1) is 12.5. The van der Waals surface area contributed by atoms with Gasteiger partial charge in [0.15, 0.2) is 0 Å². The summed E-state index contributed by atoms with van der Waals surface area (Å²) in [5.74, 6) is 0.415. The summed E-state index contributed by atoms with van der Waals surface area (Å²) in [5, 5.41) is 8.86. The third-order valence-corrected chi connectivity index (χ3v) is 3.88. The highest BCUT2D eigenvalue weighted by molar-refractivity contribution is 6.35. The lowest BCUT2D eigenvalue weighted by atomic mass is 10.2. The fourth-order valence-corrected chi connectivity index (χ4v) is 2.52. The Labute approximate surface area is 161 Å². The van der Waals surface area contributed by atoms with Crippen molar-refractivity contribution in [3.8, 4) is 5.75 Å². The largest absolute Gasteiger partial charge is 0.492 e. The highest BCUT2D eigenvalue weighted by Crippen LogP contribution is 2.27. The Morgan fingerprint density at radius 1 is 1.00 bits per heavy atom. The van der Waals surface area contributed by atoms with Gasteiger partial charge in [0.1, 0.15) is 5.75 Å². The van der Waals surface area contributed by atoms with Crippen molar-refractivity contribution in [2.45, 2.75) is 12.8 Å². The number of benzene rings is 2. The summed E-state index contributed by atoms with van der Waals surface area (Å²) in [7, 11) is 1.54. The number of hydrogen-bond donors (Lipinski definition) is 3. The SMILES string of the molecule is CNC(=O)Nc1ccc(NC(=O)CCCOc2ccc(Cl)cc2Cl)cc1. The van der Waals surface area contributed by atoms with E-state index in [1.165, 1.54) is 7.05 Å². The smallest absolute Gasteiger partial charge is 0.318 e. The topological polar surface area (TPSA) is 79.5 Å². The van der Waals surface area contributed by atoms with Gasteiger partial charge in [-0.15, -0.1) is 0 Å². The lowest BCUT2D eigenvalue weighted by Crippen LogP contribution is -2.24. The number of urea groups is 1. The van der Waals surface area contributed by atoms with Crippen molar-refractivity contribution < 1.29 is 14.3 Å². The van der Waals surface area contributed by atoms with Gasteiger partial charge in [-0.05, 0) is 48.9 Å². The molecule has 0 aromatic heterocycles. The van der Waals surface area contributed by atoms with Gasteiger partial charge in [0.2, 0.25) is 5.91 Å². The van der Waals surface area contributed by atoms with Crippen LogP contribution in [-0.2, 0) is 4.79 Å². The summed E-state index contributed by atoms with van der Waals surface area (Å²) >= 11 is 11.8. The van der Waals surface area contributed by atoms with Crippen molar-refractivity contribution >= 4 is 46.5 Å². The molecule has 2 rings (SSSR count). The molecule has 3 N–H and O–H groups in total. The number of halogens is 2. The lowest BCUT2D eigenvalue weighted by molar-refractivity contribution is -0.116. The number of ether oxygens (including phenoxy) is 1. The van der Waals surface area contributed by atoms with Crippen LogP contribution in [-0.4, -0.2) is 25.6 Å². The first kappa shape index (κ1) is 19.9. The number of carbonyl (C=O) groups is 2. The Morgan fingerprint density at radius 3 is 2.27 bits per heavy atom. The molecule has 0 aliphatic heterocycles. The van der Waals surface area contributed by atoms with Crippen LogP contribution < -0.4 is 20.7 Å². The highest BCUT2D eigenvalue weighted by atomic mass is 35.5. The second kappa shape index (κ2) is 9.89. The zero-order chi connectivity index (χ0) is 18.9. The van der Waals surface area contributed by atoms with Gasteiger partial charge in [0.05, 0.1) is 11.6 Å². The van der Waals surface area contributed by atoms with E-state index >= 15 is 0 Å². The molecule has 0 radical (unpaired) electrons. The quantitative estimate of drug-likeness (QED) is 0.601. The second-order valence-corrected chi connectivity index (χ2v) is 6.20. The molecule has 0 atom stereocenters.